The Hall–Kier alpha value is -1.99. The molecule has 7 nitrogen and oxygen atoms in total. The molecule has 2 aromatic rings. The van der Waals surface area contributed by atoms with Gasteiger partial charge in [0.2, 0.25) is 5.95 Å². The van der Waals surface area contributed by atoms with Crippen LogP contribution in [0.5, 0.6) is 0 Å². The summed E-state index contributed by atoms with van der Waals surface area (Å²) >= 11 is 0. The molecule has 2 aliphatic rings. The van der Waals surface area contributed by atoms with E-state index in [0.717, 1.165) is 50.9 Å². The van der Waals surface area contributed by atoms with Crippen LogP contribution in [0.25, 0.3) is 0 Å². The highest BCUT2D eigenvalue weighted by Crippen LogP contribution is 2.37. The van der Waals surface area contributed by atoms with Crippen molar-refractivity contribution >= 4 is 5.95 Å². The zero-order valence-corrected chi connectivity index (χ0v) is 14.3. The van der Waals surface area contributed by atoms with Crippen molar-refractivity contribution < 1.29 is 4.74 Å². The van der Waals surface area contributed by atoms with Gasteiger partial charge in [-0.05, 0) is 12.5 Å². The Kier molecular flexibility index (Phi) is 3.97. The van der Waals surface area contributed by atoms with E-state index in [1.165, 1.54) is 0 Å². The third kappa shape index (κ3) is 2.89. The van der Waals surface area contributed by atoms with Gasteiger partial charge in [-0.1, -0.05) is 0 Å². The number of ether oxygens (including phenoxy) is 1. The Morgan fingerprint density at radius 2 is 2.12 bits per heavy atom. The van der Waals surface area contributed by atoms with Crippen LogP contribution in [-0.2, 0) is 18.3 Å². The molecule has 1 spiro atoms. The van der Waals surface area contributed by atoms with Crippen LogP contribution in [0.2, 0.25) is 0 Å². The lowest BCUT2D eigenvalue weighted by Gasteiger charge is -2.26. The molecule has 128 valence electrons. The van der Waals surface area contributed by atoms with Crippen LogP contribution in [0.3, 0.4) is 0 Å². The Labute approximate surface area is 142 Å². The fraction of sp³-hybridized carbons (Fsp3) is 0.588. The molecule has 7 heteroatoms. The molecule has 4 rings (SSSR count). The third-order valence-electron chi connectivity index (χ3n) is 5.29. The lowest BCUT2D eigenvalue weighted by molar-refractivity contribution is 0.0116. The van der Waals surface area contributed by atoms with E-state index in [2.05, 4.69) is 36.4 Å². The van der Waals surface area contributed by atoms with Crippen LogP contribution in [0.4, 0.5) is 5.95 Å². The van der Waals surface area contributed by atoms with E-state index in [0.29, 0.717) is 6.04 Å². The van der Waals surface area contributed by atoms with Gasteiger partial charge in [0.1, 0.15) is 5.82 Å². The van der Waals surface area contributed by atoms with Crippen molar-refractivity contribution in [2.75, 3.05) is 31.6 Å². The molecule has 4 heterocycles. The first kappa shape index (κ1) is 15.5. The van der Waals surface area contributed by atoms with E-state index >= 15 is 0 Å². The number of anilines is 1. The second-order valence-electron chi connectivity index (χ2n) is 6.93. The molecule has 24 heavy (non-hydrogen) atoms. The molecule has 0 N–H and O–H groups in total. The molecule has 2 atom stereocenters. The first-order valence-corrected chi connectivity index (χ1v) is 8.48. The number of rotatable bonds is 4. The fourth-order valence-corrected chi connectivity index (χ4v) is 3.80. The van der Waals surface area contributed by atoms with Gasteiger partial charge >= 0.3 is 0 Å². The molecule has 0 bridgehead atoms. The van der Waals surface area contributed by atoms with Crippen molar-refractivity contribution in [1.82, 2.24) is 24.4 Å². The molecule has 2 aliphatic heterocycles. The van der Waals surface area contributed by atoms with E-state index in [9.17, 15) is 0 Å². The van der Waals surface area contributed by atoms with E-state index in [4.69, 9.17) is 4.74 Å². The van der Waals surface area contributed by atoms with Gasteiger partial charge in [0.15, 0.2) is 0 Å². The zero-order valence-electron chi connectivity index (χ0n) is 14.3. The van der Waals surface area contributed by atoms with Gasteiger partial charge in [-0.25, -0.2) is 15.0 Å². The number of nitrogens with zero attached hydrogens (tertiary/aromatic N) is 6. The minimum absolute atomic E-state index is 0.0289. The zero-order chi connectivity index (χ0) is 16.6. The van der Waals surface area contributed by atoms with Crippen molar-refractivity contribution in [2.45, 2.75) is 31.0 Å². The quantitative estimate of drug-likeness (QED) is 0.837. The van der Waals surface area contributed by atoms with Gasteiger partial charge in [-0.3, -0.25) is 4.90 Å². The summed E-state index contributed by atoms with van der Waals surface area (Å²) in [6, 6.07) is 2.18. The van der Waals surface area contributed by atoms with Gasteiger partial charge in [0.25, 0.3) is 0 Å². The highest BCUT2D eigenvalue weighted by molar-refractivity contribution is 5.30. The number of hydrogen-bond donors (Lipinski definition) is 0. The number of hydrogen-bond acceptors (Lipinski definition) is 6. The maximum absolute atomic E-state index is 6.27. The Balaban J connectivity index is 1.39. The summed E-state index contributed by atoms with van der Waals surface area (Å²) in [7, 11) is 4.11. The summed E-state index contributed by atoms with van der Waals surface area (Å²) < 4.78 is 8.36. The molecular weight excluding hydrogens is 304 g/mol. The molecular formula is C17H24N6O. The van der Waals surface area contributed by atoms with Crippen molar-refractivity contribution in [1.29, 1.82) is 0 Å². The van der Waals surface area contributed by atoms with Gasteiger partial charge < -0.3 is 14.2 Å². The van der Waals surface area contributed by atoms with Crippen LogP contribution in [0.1, 0.15) is 18.7 Å². The highest BCUT2D eigenvalue weighted by Gasteiger charge is 2.46. The van der Waals surface area contributed by atoms with Crippen LogP contribution in [0, 0.1) is 0 Å². The minimum atomic E-state index is -0.0289. The SMILES string of the molecule is CN(c1ncccn1)[C@@H]1CO[C@@]2(CCN(Cc3nccn3C)C2)C1. The van der Waals surface area contributed by atoms with Gasteiger partial charge in [-0.15, -0.1) is 0 Å². The number of aromatic nitrogens is 4. The van der Waals surface area contributed by atoms with E-state index < -0.39 is 0 Å². The molecule has 2 aromatic heterocycles. The molecule has 2 fully saturated rings. The lowest BCUT2D eigenvalue weighted by atomic mass is 9.97. The number of likely N-dealkylation sites (tertiary alicyclic amines) is 1. The molecule has 0 unspecified atom stereocenters. The smallest absolute Gasteiger partial charge is 0.225 e. The average molecular weight is 328 g/mol. The second kappa shape index (κ2) is 6.14. The molecule has 2 saturated heterocycles. The first-order chi connectivity index (χ1) is 11.7. The summed E-state index contributed by atoms with van der Waals surface area (Å²) in [6.45, 7) is 3.66. The Morgan fingerprint density at radius 3 is 2.88 bits per heavy atom. The van der Waals surface area contributed by atoms with Gasteiger partial charge in [0.05, 0.1) is 24.8 Å². The van der Waals surface area contributed by atoms with Crippen molar-refractivity contribution in [2.24, 2.45) is 7.05 Å². The molecule has 0 amide bonds. The largest absolute Gasteiger partial charge is 0.371 e. The van der Waals surface area contributed by atoms with Crippen molar-refractivity contribution in [3.8, 4) is 0 Å². The minimum Gasteiger partial charge on any atom is -0.371 e. The van der Waals surface area contributed by atoms with Crippen molar-refractivity contribution in [3.63, 3.8) is 0 Å². The summed E-state index contributed by atoms with van der Waals surface area (Å²) in [4.78, 5) is 17.7. The van der Waals surface area contributed by atoms with Gasteiger partial charge in [-0.2, -0.15) is 0 Å². The Bertz CT molecular complexity index is 689. The standard InChI is InChI=1S/C17H24N6O/c1-21-9-7-18-15(21)11-23-8-4-17(13-23)10-14(12-24-17)22(2)16-19-5-3-6-20-16/h3,5-7,9,14H,4,8,10-13H2,1-2H3/t14-,17-/m0/s1. The number of likely N-dealkylation sites (N-methyl/N-ethyl adjacent to an activating group) is 1. The number of aryl methyl sites for hydroxylation is 1. The predicted octanol–water partition coefficient (Wildman–Crippen LogP) is 1.08. The maximum atomic E-state index is 6.27. The molecule has 0 aromatic carbocycles. The van der Waals surface area contributed by atoms with Crippen LogP contribution >= 0.6 is 0 Å². The normalized spacial score (nSPS) is 27.2. The van der Waals surface area contributed by atoms with E-state index in [1.807, 2.05) is 25.5 Å². The first-order valence-electron chi connectivity index (χ1n) is 8.48. The molecule has 0 radical (unpaired) electrons. The van der Waals surface area contributed by atoms with Crippen LogP contribution in [-0.4, -0.2) is 62.8 Å². The van der Waals surface area contributed by atoms with Crippen LogP contribution in [0.15, 0.2) is 30.9 Å². The van der Waals surface area contributed by atoms with Gasteiger partial charge in [0, 0.05) is 58.4 Å². The topological polar surface area (TPSA) is 59.3 Å². The Morgan fingerprint density at radius 1 is 1.29 bits per heavy atom. The summed E-state index contributed by atoms with van der Waals surface area (Å²) in [6.07, 6.45) is 9.54. The summed E-state index contributed by atoms with van der Waals surface area (Å²) in [5.41, 5.74) is -0.0289. The van der Waals surface area contributed by atoms with Crippen molar-refractivity contribution in [3.05, 3.63) is 36.7 Å². The fourth-order valence-electron chi connectivity index (χ4n) is 3.80. The maximum Gasteiger partial charge on any atom is 0.225 e. The second-order valence-corrected chi connectivity index (χ2v) is 6.93. The molecule has 0 aliphatic carbocycles. The van der Waals surface area contributed by atoms with E-state index in [-0.39, 0.29) is 5.60 Å². The highest BCUT2D eigenvalue weighted by atomic mass is 16.5. The predicted molar refractivity (Wildman–Crippen MR) is 90.6 cm³/mol. The van der Waals surface area contributed by atoms with Crippen LogP contribution < -0.4 is 4.90 Å². The monoisotopic (exact) mass is 328 g/mol. The summed E-state index contributed by atoms with van der Waals surface area (Å²) in [5.74, 6) is 1.88. The lowest BCUT2D eigenvalue weighted by Crippen LogP contribution is -2.37. The average Bonchev–Trinajstić information content (AvgIpc) is 3.31. The third-order valence-corrected chi connectivity index (χ3v) is 5.29. The summed E-state index contributed by atoms with van der Waals surface area (Å²) in [5, 5.41) is 0. The number of imidazole rings is 1. The van der Waals surface area contributed by atoms with E-state index in [1.54, 1.807) is 12.4 Å². The molecule has 0 saturated carbocycles.